The van der Waals surface area contributed by atoms with E-state index in [0.29, 0.717) is 23.3 Å². The van der Waals surface area contributed by atoms with Crippen molar-refractivity contribution in [1.29, 1.82) is 0 Å². The number of phenols is 2. The van der Waals surface area contributed by atoms with E-state index in [-0.39, 0.29) is 17.4 Å². The Kier molecular flexibility index (Phi) is 4.31. The van der Waals surface area contributed by atoms with Crippen LogP contribution in [0.4, 0.5) is 0 Å². The molecule has 0 heterocycles. The molecule has 128 valence electrons. The Bertz CT molecular complexity index is 754. The molecule has 0 saturated heterocycles. The molecule has 3 unspecified atom stereocenters. The van der Waals surface area contributed by atoms with E-state index in [1.165, 1.54) is 5.56 Å². The third-order valence-corrected chi connectivity index (χ3v) is 5.30. The van der Waals surface area contributed by atoms with Gasteiger partial charge in [-0.1, -0.05) is 19.9 Å². The number of fused-ring (bicyclic) bond motifs is 1. The summed E-state index contributed by atoms with van der Waals surface area (Å²) in [7, 11) is 3.12. The fourth-order valence-electron chi connectivity index (χ4n) is 3.77. The second-order valence-corrected chi connectivity index (χ2v) is 6.67. The molecule has 0 spiro atoms. The molecule has 3 atom stereocenters. The average molecular weight is 328 g/mol. The zero-order valence-electron chi connectivity index (χ0n) is 14.5. The lowest BCUT2D eigenvalue weighted by molar-refractivity contribution is 0.319. The molecule has 0 radical (unpaired) electrons. The highest BCUT2D eigenvalue weighted by Crippen LogP contribution is 2.47. The summed E-state index contributed by atoms with van der Waals surface area (Å²) in [4.78, 5) is 0. The topological polar surface area (TPSA) is 58.9 Å². The maximum Gasteiger partial charge on any atom is 0.160 e. The average Bonchev–Trinajstić information content (AvgIpc) is 2.57. The predicted octanol–water partition coefficient (Wildman–Crippen LogP) is 4.08. The van der Waals surface area contributed by atoms with E-state index in [9.17, 15) is 10.2 Å². The van der Waals surface area contributed by atoms with Crippen molar-refractivity contribution >= 4 is 0 Å². The van der Waals surface area contributed by atoms with E-state index >= 15 is 0 Å². The SMILES string of the molecule is COc1cc(C2c3cc(O)c(OC)cc3CC(C)C2C)ccc1O. The van der Waals surface area contributed by atoms with E-state index in [2.05, 4.69) is 13.8 Å². The second-order valence-electron chi connectivity index (χ2n) is 6.67. The van der Waals surface area contributed by atoms with Crippen LogP contribution in [0.5, 0.6) is 23.0 Å². The molecule has 1 aliphatic rings. The van der Waals surface area contributed by atoms with E-state index in [4.69, 9.17) is 9.47 Å². The van der Waals surface area contributed by atoms with Crippen LogP contribution in [0.15, 0.2) is 30.3 Å². The molecule has 0 amide bonds. The van der Waals surface area contributed by atoms with Gasteiger partial charge >= 0.3 is 0 Å². The smallest absolute Gasteiger partial charge is 0.160 e. The largest absolute Gasteiger partial charge is 0.504 e. The van der Waals surface area contributed by atoms with Gasteiger partial charge in [0, 0.05) is 5.92 Å². The van der Waals surface area contributed by atoms with Crippen LogP contribution >= 0.6 is 0 Å². The third-order valence-electron chi connectivity index (χ3n) is 5.30. The molecule has 0 fully saturated rings. The summed E-state index contributed by atoms with van der Waals surface area (Å²) in [5.41, 5.74) is 3.40. The molecule has 4 heteroatoms. The number of hydrogen-bond donors (Lipinski definition) is 2. The molecule has 3 rings (SSSR count). The molecule has 24 heavy (non-hydrogen) atoms. The molecule has 2 N–H and O–H groups in total. The second kappa shape index (κ2) is 6.27. The summed E-state index contributed by atoms with van der Waals surface area (Å²) in [6.07, 6.45) is 0.957. The predicted molar refractivity (Wildman–Crippen MR) is 93.2 cm³/mol. The van der Waals surface area contributed by atoms with Gasteiger partial charge in [0.15, 0.2) is 23.0 Å². The van der Waals surface area contributed by atoms with E-state index in [1.54, 1.807) is 20.3 Å². The zero-order chi connectivity index (χ0) is 17.4. The van der Waals surface area contributed by atoms with Gasteiger partial charge < -0.3 is 19.7 Å². The highest BCUT2D eigenvalue weighted by Gasteiger charge is 2.34. The van der Waals surface area contributed by atoms with Crippen molar-refractivity contribution in [3.05, 3.63) is 47.0 Å². The highest BCUT2D eigenvalue weighted by molar-refractivity contribution is 5.53. The Morgan fingerprint density at radius 3 is 2.25 bits per heavy atom. The van der Waals surface area contributed by atoms with Crippen LogP contribution in [0, 0.1) is 11.8 Å². The molecule has 0 bridgehead atoms. The Hall–Kier alpha value is -2.36. The minimum atomic E-state index is 0.134. The van der Waals surface area contributed by atoms with Gasteiger partial charge in [-0.15, -0.1) is 0 Å². The van der Waals surface area contributed by atoms with Crippen molar-refractivity contribution in [2.24, 2.45) is 11.8 Å². The molecule has 2 aromatic rings. The van der Waals surface area contributed by atoms with Gasteiger partial charge in [-0.2, -0.15) is 0 Å². The standard InChI is InChI=1S/C20H24O4/c1-11-7-14-9-19(24-4)17(22)10-15(14)20(12(11)2)13-5-6-16(21)18(8-13)23-3/h5-6,8-12,20-22H,7H2,1-4H3. The van der Waals surface area contributed by atoms with E-state index in [0.717, 1.165) is 17.5 Å². The van der Waals surface area contributed by atoms with Crippen molar-refractivity contribution in [2.45, 2.75) is 26.2 Å². The molecular formula is C20H24O4. The molecule has 0 saturated carbocycles. The number of phenolic OH excluding ortho intramolecular Hbond substituents is 2. The highest BCUT2D eigenvalue weighted by atomic mass is 16.5. The van der Waals surface area contributed by atoms with Gasteiger partial charge in [-0.25, -0.2) is 0 Å². The lowest BCUT2D eigenvalue weighted by Crippen LogP contribution is -2.26. The van der Waals surface area contributed by atoms with E-state index < -0.39 is 0 Å². The molecule has 4 nitrogen and oxygen atoms in total. The zero-order valence-corrected chi connectivity index (χ0v) is 14.5. The van der Waals surface area contributed by atoms with Crippen molar-refractivity contribution in [3.8, 4) is 23.0 Å². The first-order valence-electron chi connectivity index (χ1n) is 8.23. The van der Waals surface area contributed by atoms with Gasteiger partial charge in [0.05, 0.1) is 14.2 Å². The van der Waals surface area contributed by atoms with Crippen molar-refractivity contribution in [1.82, 2.24) is 0 Å². The molecule has 2 aromatic carbocycles. The van der Waals surface area contributed by atoms with Gasteiger partial charge in [-0.05, 0) is 59.2 Å². The first-order valence-corrected chi connectivity index (χ1v) is 8.23. The third kappa shape index (κ3) is 2.66. The quantitative estimate of drug-likeness (QED) is 0.891. The summed E-state index contributed by atoms with van der Waals surface area (Å²) in [5.74, 6) is 2.31. The maximum atomic E-state index is 10.2. The fourth-order valence-corrected chi connectivity index (χ4v) is 3.77. The van der Waals surface area contributed by atoms with Gasteiger partial charge in [0.25, 0.3) is 0 Å². The van der Waals surface area contributed by atoms with Crippen LogP contribution in [-0.4, -0.2) is 24.4 Å². The Labute approximate surface area is 142 Å². The molecule has 0 aromatic heterocycles. The lowest BCUT2D eigenvalue weighted by atomic mass is 9.68. The van der Waals surface area contributed by atoms with Crippen molar-refractivity contribution in [3.63, 3.8) is 0 Å². The summed E-state index contributed by atoms with van der Waals surface area (Å²) in [6.45, 7) is 4.48. The monoisotopic (exact) mass is 328 g/mol. The summed E-state index contributed by atoms with van der Waals surface area (Å²) in [5, 5.41) is 20.1. The molecule has 1 aliphatic carbocycles. The fraction of sp³-hybridized carbons (Fsp3) is 0.400. The van der Waals surface area contributed by atoms with Crippen LogP contribution in [0.1, 0.15) is 36.5 Å². The van der Waals surface area contributed by atoms with Crippen molar-refractivity contribution in [2.75, 3.05) is 14.2 Å². The number of hydrogen-bond acceptors (Lipinski definition) is 4. The maximum absolute atomic E-state index is 10.2. The Morgan fingerprint density at radius 1 is 0.917 bits per heavy atom. The Balaban J connectivity index is 2.15. The first-order chi connectivity index (χ1) is 11.5. The normalized spacial score (nSPS) is 22.8. The van der Waals surface area contributed by atoms with Crippen LogP contribution in [0.25, 0.3) is 0 Å². The lowest BCUT2D eigenvalue weighted by Gasteiger charge is -2.37. The van der Waals surface area contributed by atoms with Gasteiger partial charge in [0.2, 0.25) is 0 Å². The minimum Gasteiger partial charge on any atom is -0.504 e. The van der Waals surface area contributed by atoms with Gasteiger partial charge in [-0.3, -0.25) is 0 Å². The van der Waals surface area contributed by atoms with Crippen LogP contribution < -0.4 is 9.47 Å². The number of methoxy groups -OCH3 is 2. The number of rotatable bonds is 3. The van der Waals surface area contributed by atoms with Crippen LogP contribution in [-0.2, 0) is 6.42 Å². The van der Waals surface area contributed by atoms with Crippen molar-refractivity contribution < 1.29 is 19.7 Å². The number of ether oxygens (including phenoxy) is 2. The first kappa shape index (κ1) is 16.5. The summed E-state index contributed by atoms with van der Waals surface area (Å²) < 4.78 is 10.5. The summed E-state index contributed by atoms with van der Waals surface area (Å²) >= 11 is 0. The molecular weight excluding hydrogens is 304 g/mol. The minimum absolute atomic E-state index is 0.134. The number of aromatic hydroxyl groups is 2. The van der Waals surface area contributed by atoms with Crippen LogP contribution in [0.2, 0.25) is 0 Å². The van der Waals surface area contributed by atoms with E-state index in [1.807, 2.05) is 24.3 Å². The van der Waals surface area contributed by atoms with Gasteiger partial charge in [0.1, 0.15) is 0 Å². The summed E-state index contributed by atoms with van der Waals surface area (Å²) in [6, 6.07) is 9.25. The van der Waals surface area contributed by atoms with Crippen LogP contribution in [0.3, 0.4) is 0 Å². The Morgan fingerprint density at radius 2 is 1.58 bits per heavy atom. The molecule has 0 aliphatic heterocycles. The number of benzene rings is 2.